The van der Waals surface area contributed by atoms with E-state index in [0.717, 1.165) is 48.5 Å². The summed E-state index contributed by atoms with van der Waals surface area (Å²) in [7, 11) is 0. The predicted molar refractivity (Wildman–Crippen MR) is 66.4 cm³/mol. The second kappa shape index (κ2) is 3.79. The van der Waals surface area contributed by atoms with Gasteiger partial charge in [-0.3, -0.25) is 0 Å². The molecule has 5 rings (SSSR count). The van der Waals surface area contributed by atoms with Gasteiger partial charge >= 0.3 is 0 Å². The fourth-order valence-electron chi connectivity index (χ4n) is 4.91. The van der Waals surface area contributed by atoms with Crippen molar-refractivity contribution in [1.82, 2.24) is 15.5 Å². The highest BCUT2D eigenvalue weighted by Gasteiger charge is 2.67. The first-order chi connectivity index (χ1) is 9.42. The zero-order chi connectivity index (χ0) is 12.4. The molecule has 1 N–H and O–H groups in total. The molecule has 19 heavy (non-hydrogen) atoms. The van der Waals surface area contributed by atoms with Gasteiger partial charge in [-0.25, -0.2) is 0 Å². The van der Waals surface area contributed by atoms with Crippen LogP contribution in [-0.2, 0) is 4.74 Å². The van der Waals surface area contributed by atoms with Gasteiger partial charge in [0.05, 0.1) is 19.3 Å². The summed E-state index contributed by atoms with van der Waals surface area (Å²) < 4.78 is 11.0. The third-order valence-electron chi connectivity index (χ3n) is 5.71. The van der Waals surface area contributed by atoms with E-state index in [1.54, 1.807) is 0 Å². The Morgan fingerprint density at radius 2 is 2.00 bits per heavy atom. The Kier molecular flexibility index (Phi) is 2.16. The molecular weight excluding hydrogens is 242 g/mol. The summed E-state index contributed by atoms with van der Waals surface area (Å²) in [5.41, 5.74) is 0. The summed E-state index contributed by atoms with van der Waals surface area (Å²) in [6, 6.07) is 0.113. The maximum Gasteiger partial charge on any atom is 0.230 e. The number of aromatic nitrogens is 2. The molecular formula is C14H19N3O2. The van der Waals surface area contributed by atoms with Gasteiger partial charge in [0.1, 0.15) is 0 Å². The van der Waals surface area contributed by atoms with Crippen LogP contribution in [0.5, 0.6) is 0 Å². The van der Waals surface area contributed by atoms with Gasteiger partial charge in [-0.05, 0) is 42.9 Å². The molecule has 4 fully saturated rings. The normalized spacial score (nSPS) is 47.4. The van der Waals surface area contributed by atoms with Crippen LogP contribution >= 0.6 is 0 Å². The molecule has 1 aromatic heterocycles. The Labute approximate surface area is 112 Å². The van der Waals surface area contributed by atoms with E-state index in [1.165, 1.54) is 19.3 Å². The van der Waals surface area contributed by atoms with Gasteiger partial charge in [-0.15, -0.1) is 0 Å². The highest BCUT2D eigenvalue weighted by atomic mass is 16.5. The second-order valence-electron chi connectivity index (χ2n) is 6.59. The predicted octanol–water partition coefficient (Wildman–Crippen LogP) is 1.49. The lowest BCUT2D eigenvalue weighted by Crippen LogP contribution is -2.35. The fourth-order valence-corrected chi connectivity index (χ4v) is 4.91. The Morgan fingerprint density at radius 1 is 1.16 bits per heavy atom. The summed E-state index contributed by atoms with van der Waals surface area (Å²) in [6.45, 7) is 2.30. The largest absolute Gasteiger partial charge is 0.378 e. The number of fused-ring (bicyclic) bond motifs is 5. The third-order valence-corrected chi connectivity index (χ3v) is 5.71. The quantitative estimate of drug-likeness (QED) is 0.874. The van der Waals surface area contributed by atoms with Crippen molar-refractivity contribution in [2.45, 2.75) is 31.2 Å². The van der Waals surface area contributed by atoms with E-state index < -0.39 is 0 Å². The monoisotopic (exact) mass is 261 g/mol. The molecule has 102 valence electrons. The van der Waals surface area contributed by atoms with E-state index in [2.05, 4.69) is 15.5 Å². The molecule has 0 amide bonds. The van der Waals surface area contributed by atoms with Gasteiger partial charge in [0, 0.05) is 12.5 Å². The van der Waals surface area contributed by atoms with Crippen molar-refractivity contribution in [2.75, 3.05) is 19.8 Å². The Balaban J connectivity index is 1.36. The number of hydrogen-bond donors (Lipinski definition) is 1. The molecule has 5 atom stereocenters. The average Bonchev–Trinajstić information content (AvgIpc) is 2.89. The maximum absolute atomic E-state index is 5.55. The van der Waals surface area contributed by atoms with Crippen molar-refractivity contribution in [3.8, 4) is 0 Å². The molecule has 1 saturated heterocycles. The highest BCUT2D eigenvalue weighted by molar-refractivity contribution is 5.23. The van der Waals surface area contributed by atoms with E-state index in [9.17, 15) is 0 Å². The summed E-state index contributed by atoms with van der Waals surface area (Å²) in [5.74, 6) is 5.89. The molecule has 0 spiro atoms. The van der Waals surface area contributed by atoms with Crippen molar-refractivity contribution < 1.29 is 9.26 Å². The molecule has 3 aliphatic carbocycles. The van der Waals surface area contributed by atoms with E-state index in [4.69, 9.17) is 9.26 Å². The molecule has 0 radical (unpaired) electrons. The molecule has 1 aromatic rings. The topological polar surface area (TPSA) is 60.2 Å². The Hall–Kier alpha value is -0.940. The maximum atomic E-state index is 5.55. The first-order valence-corrected chi connectivity index (χ1v) is 7.56. The van der Waals surface area contributed by atoms with Crippen LogP contribution in [0.1, 0.15) is 42.9 Å². The van der Waals surface area contributed by atoms with Crippen LogP contribution in [0, 0.1) is 23.7 Å². The van der Waals surface area contributed by atoms with Crippen LogP contribution in [0.2, 0.25) is 0 Å². The molecule has 4 aliphatic rings. The number of nitrogens with one attached hydrogen (secondary N) is 1. The van der Waals surface area contributed by atoms with Gasteiger partial charge in [-0.2, -0.15) is 4.98 Å². The van der Waals surface area contributed by atoms with Crippen LogP contribution in [-0.4, -0.2) is 29.9 Å². The number of nitrogens with zero attached hydrogens (tertiary/aromatic N) is 2. The second-order valence-corrected chi connectivity index (χ2v) is 6.59. The van der Waals surface area contributed by atoms with E-state index in [1.807, 2.05) is 0 Å². The summed E-state index contributed by atoms with van der Waals surface area (Å²) in [4.78, 5) is 4.65. The van der Waals surface area contributed by atoms with Crippen LogP contribution in [0.4, 0.5) is 0 Å². The molecule has 5 unspecified atom stereocenters. The van der Waals surface area contributed by atoms with Crippen molar-refractivity contribution in [3.63, 3.8) is 0 Å². The van der Waals surface area contributed by atoms with Crippen molar-refractivity contribution in [2.24, 2.45) is 23.7 Å². The van der Waals surface area contributed by atoms with Gasteiger partial charge in [0.2, 0.25) is 5.89 Å². The van der Waals surface area contributed by atoms with Crippen LogP contribution < -0.4 is 5.32 Å². The lowest BCUT2D eigenvalue weighted by Gasteiger charge is -2.20. The van der Waals surface area contributed by atoms with Crippen LogP contribution in [0.25, 0.3) is 0 Å². The number of morpholine rings is 1. The van der Waals surface area contributed by atoms with Gasteiger partial charge in [0.25, 0.3) is 0 Å². The van der Waals surface area contributed by atoms with E-state index >= 15 is 0 Å². The zero-order valence-electron chi connectivity index (χ0n) is 10.9. The SMILES string of the molecule is C1COCC(c2noc(C3C4C5CCC(C5)C34)n2)N1. The van der Waals surface area contributed by atoms with Crippen molar-refractivity contribution in [3.05, 3.63) is 11.7 Å². The fraction of sp³-hybridized carbons (Fsp3) is 0.857. The summed E-state index contributed by atoms with van der Waals surface area (Å²) in [6.07, 6.45) is 4.33. The van der Waals surface area contributed by atoms with Gasteiger partial charge in [0.15, 0.2) is 5.82 Å². The van der Waals surface area contributed by atoms with E-state index in [-0.39, 0.29) is 6.04 Å². The van der Waals surface area contributed by atoms with Gasteiger partial charge < -0.3 is 14.6 Å². The molecule has 5 heteroatoms. The lowest BCUT2D eigenvalue weighted by atomic mass is 10.0. The number of ether oxygens (including phenoxy) is 1. The van der Waals surface area contributed by atoms with E-state index in [0.29, 0.717) is 12.5 Å². The molecule has 2 heterocycles. The first kappa shape index (κ1) is 10.8. The third kappa shape index (κ3) is 1.48. The molecule has 1 aliphatic heterocycles. The summed E-state index contributed by atoms with van der Waals surface area (Å²) in [5, 5.41) is 7.55. The average molecular weight is 261 g/mol. The smallest absolute Gasteiger partial charge is 0.230 e. The van der Waals surface area contributed by atoms with Crippen molar-refractivity contribution >= 4 is 0 Å². The minimum absolute atomic E-state index is 0.113. The molecule has 5 nitrogen and oxygen atoms in total. The van der Waals surface area contributed by atoms with Crippen LogP contribution in [0.3, 0.4) is 0 Å². The number of rotatable bonds is 2. The summed E-state index contributed by atoms with van der Waals surface area (Å²) >= 11 is 0. The Morgan fingerprint density at radius 3 is 2.74 bits per heavy atom. The highest BCUT2D eigenvalue weighted by Crippen LogP contribution is 2.72. The lowest BCUT2D eigenvalue weighted by molar-refractivity contribution is 0.0734. The molecule has 0 aromatic carbocycles. The zero-order valence-corrected chi connectivity index (χ0v) is 10.9. The van der Waals surface area contributed by atoms with Crippen molar-refractivity contribution in [1.29, 1.82) is 0 Å². The molecule has 2 bridgehead atoms. The Bertz CT molecular complexity index is 481. The molecule has 3 saturated carbocycles. The minimum atomic E-state index is 0.113. The first-order valence-electron chi connectivity index (χ1n) is 7.56. The number of hydrogen-bond acceptors (Lipinski definition) is 5. The van der Waals surface area contributed by atoms with Gasteiger partial charge in [-0.1, -0.05) is 5.16 Å². The van der Waals surface area contributed by atoms with Crippen LogP contribution in [0.15, 0.2) is 4.52 Å². The standard InChI is InChI=1S/C14H19N3O2/c1-2-8-5-7(1)10-11(8)12(10)14-16-13(17-19-14)9-6-18-4-3-15-9/h7-12,15H,1-6H2. The minimum Gasteiger partial charge on any atom is -0.378 e.